The standard InChI is InChI=1S/C4H7NOS2/c1-3(7)5-4(6)8-2/h1-2H3,(H,5,6,7). The lowest BCUT2D eigenvalue weighted by Gasteiger charge is -1.95. The average Bonchev–Trinajstić information content (AvgIpc) is 1.65. The molecule has 4 heteroatoms. The third-order valence-electron chi connectivity index (χ3n) is 0.463. The van der Waals surface area contributed by atoms with E-state index in [0.29, 0.717) is 4.99 Å². The minimum atomic E-state index is -0.0995. The Morgan fingerprint density at radius 2 is 2.25 bits per heavy atom. The maximum absolute atomic E-state index is 10.4. The molecule has 0 aliphatic heterocycles. The molecule has 1 N–H and O–H groups in total. The Labute approximate surface area is 58.0 Å². The molecule has 0 spiro atoms. The fourth-order valence-electron chi connectivity index (χ4n) is 0.195. The summed E-state index contributed by atoms with van der Waals surface area (Å²) in [6.07, 6.45) is 1.70. The quantitative estimate of drug-likeness (QED) is 0.528. The van der Waals surface area contributed by atoms with E-state index in [1.807, 2.05) is 0 Å². The monoisotopic (exact) mass is 149 g/mol. The number of amides is 1. The van der Waals surface area contributed by atoms with Gasteiger partial charge in [-0.25, -0.2) is 0 Å². The summed E-state index contributed by atoms with van der Waals surface area (Å²) in [6.45, 7) is 1.67. The molecule has 0 saturated heterocycles. The molecule has 0 heterocycles. The van der Waals surface area contributed by atoms with Crippen LogP contribution in [0.3, 0.4) is 0 Å². The van der Waals surface area contributed by atoms with Crippen molar-refractivity contribution in [2.24, 2.45) is 0 Å². The predicted molar refractivity (Wildman–Crippen MR) is 40.3 cm³/mol. The topological polar surface area (TPSA) is 29.1 Å². The zero-order valence-corrected chi connectivity index (χ0v) is 6.36. The van der Waals surface area contributed by atoms with Crippen molar-refractivity contribution in [3.8, 4) is 0 Å². The van der Waals surface area contributed by atoms with Crippen molar-refractivity contribution < 1.29 is 4.79 Å². The van der Waals surface area contributed by atoms with E-state index in [1.165, 1.54) is 0 Å². The maximum Gasteiger partial charge on any atom is 0.283 e. The van der Waals surface area contributed by atoms with Crippen molar-refractivity contribution in [1.82, 2.24) is 5.32 Å². The van der Waals surface area contributed by atoms with Crippen LogP contribution in [0.4, 0.5) is 4.79 Å². The minimum absolute atomic E-state index is 0.0995. The van der Waals surface area contributed by atoms with E-state index in [1.54, 1.807) is 13.2 Å². The molecule has 0 radical (unpaired) electrons. The summed E-state index contributed by atoms with van der Waals surface area (Å²) in [4.78, 5) is 10.9. The van der Waals surface area contributed by atoms with Crippen molar-refractivity contribution >= 4 is 34.2 Å². The molecule has 0 bridgehead atoms. The Balaban J connectivity index is 3.40. The molecule has 0 aromatic carbocycles. The summed E-state index contributed by atoms with van der Waals surface area (Å²) in [5.74, 6) is 0. The van der Waals surface area contributed by atoms with Gasteiger partial charge < -0.3 is 5.32 Å². The van der Waals surface area contributed by atoms with Gasteiger partial charge in [-0.2, -0.15) is 0 Å². The fourth-order valence-corrected chi connectivity index (χ4v) is 0.607. The first-order chi connectivity index (χ1) is 3.66. The minimum Gasteiger partial charge on any atom is -0.311 e. The highest BCUT2D eigenvalue weighted by molar-refractivity contribution is 8.13. The number of rotatable bonds is 0. The number of hydrogen-bond donors (Lipinski definition) is 1. The van der Waals surface area contributed by atoms with Gasteiger partial charge in [0, 0.05) is 0 Å². The second kappa shape index (κ2) is 3.86. The highest BCUT2D eigenvalue weighted by Crippen LogP contribution is 1.91. The van der Waals surface area contributed by atoms with Crippen LogP contribution in [0.5, 0.6) is 0 Å². The van der Waals surface area contributed by atoms with E-state index in [0.717, 1.165) is 11.8 Å². The third-order valence-corrected chi connectivity index (χ3v) is 1.04. The lowest BCUT2D eigenvalue weighted by Crippen LogP contribution is -2.21. The number of thioether (sulfide) groups is 1. The van der Waals surface area contributed by atoms with Crippen molar-refractivity contribution in [3.05, 3.63) is 0 Å². The van der Waals surface area contributed by atoms with Crippen molar-refractivity contribution in [2.45, 2.75) is 6.92 Å². The van der Waals surface area contributed by atoms with Crippen LogP contribution in [0.25, 0.3) is 0 Å². The van der Waals surface area contributed by atoms with Gasteiger partial charge in [-0.1, -0.05) is 24.0 Å². The van der Waals surface area contributed by atoms with Gasteiger partial charge in [-0.3, -0.25) is 4.79 Å². The van der Waals surface area contributed by atoms with Crippen LogP contribution in [-0.2, 0) is 0 Å². The molecule has 8 heavy (non-hydrogen) atoms. The molecule has 46 valence electrons. The van der Waals surface area contributed by atoms with E-state index in [2.05, 4.69) is 17.5 Å². The molecule has 0 rings (SSSR count). The van der Waals surface area contributed by atoms with Gasteiger partial charge in [-0.05, 0) is 13.2 Å². The summed E-state index contributed by atoms with van der Waals surface area (Å²) in [5.41, 5.74) is 0. The number of nitrogens with one attached hydrogen (secondary N) is 1. The predicted octanol–water partition coefficient (Wildman–Crippen LogP) is 1.41. The molecular weight excluding hydrogens is 142 g/mol. The molecular formula is C4H7NOS2. The SMILES string of the molecule is CSC(=O)NC(C)=S. The first-order valence-electron chi connectivity index (χ1n) is 2.02. The Morgan fingerprint density at radius 1 is 1.75 bits per heavy atom. The van der Waals surface area contributed by atoms with E-state index in [-0.39, 0.29) is 5.24 Å². The van der Waals surface area contributed by atoms with E-state index >= 15 is 0 Å². The van der Waals surface area contributed by atoms with Crippen LogP contribution < -0.4 is 5.32 Å². The van der Waals surface area contributed by atoms with Gasteiger partial charge in [0.15, 0.2) is 0 Å². The maximum atomic E-state index is 10.4. The van der Waals surface area contributed by atoms with Crippen LogP contribution in [-0.4, -0.2) is 16.5 Å². The first kappa shape index (κ1) is 7.91. The smallest absolute Gasteiger partial charge is 0.283 e. The first-order valence-corrected chi connectivity index (χ1v) is 3.65. The van der Waals surface area contributed by atoms with E-state index in [4.69, 9.17) is 0 Å². The molecule has 0 atom stereocenters. The van der Waals surface area contributed by atoms with Gasteiger partial charge in [0.2, 0.25) is 0 Å². The lowest BCUT2D eigenvalue weighted by atomic mass is 10.8. The number of thiocarbonyl (C=S) groups is 1. The highest BCUT2D eigenvalue weighted by atomic mass is 32.2. The molecule has 1 amide bonds. The Kier molecular flexibility index (Phi) is 3.81. The Morgan fingerprint density at radius 3 is 2.38 bits per heavy atom. The van der Waals surface area contributed by atoms with Gasteiger partial charge >= 0.3 is 0 Å². The molecule has 0 aliphatic rings. The second-order valence-corrected chi connectivity index (χ2v) is 2.56. The lowest BCUT2D eigenvalue weighted by molar-refractivity contribution is 0.264. The van der Waals surface area contributed by atoms with Gasteiger partial charge in [-0.15, -0.1) is 0 Å². The zero-order chi connectivity index (χ0) is 6.57. The normalized spacial score (nSPS) is 8.25. The average molecular weight is 149 g/mol. The summed E-state index contributed by atoms with van der Waals surface area (Å²) >= 11 is 5.71. The van der Waals surface area contributed by atoms with Crippen LogP contribution in [0.2, 0.25) is 0 Å². The van der Waals surface area contributed by atoms with Gasteiger partial charge in [0.05, 0.1) is 4.99 Å². The van der Waals surface area contributed by atoms with Crippen LogP contribution in [0, 0.1) is 0 Å². The van der Waals surface area contributed by atoms with Crippen molar-refractivity contribution in [2.75, 3.05) is 6.26 Å². The third kappa shape index (κ3) is 4.08. The Bertz CT molecular complexity index is 113. The van der Waals surface area contributed by atoms with Crippen LogP contribution in [0.15, 0.2) is 0 Å². The molecule has 0 saturated carbocycles. The molecule has 0 aliphatic carbocycles. The highest BCUT2D eigenvalue weighted by Gasteiger charge is 1.94. The fraction of sp³-hybridized carbons (Fsp3) is 0.500. The summed E-state index contributed by atoms with van der Waals surface area (Å²) in [6, 6.07) is 0. The van der Waals surface area contributed by atoms with Gasteiger partial charge in [0.25, 0.3) is 5.24 Å². The second-order valence-electron chi connectivity index (χ2n) is 1.17. The van der Waals surface area contributed by atoms with Crippen molar-refractivity contribution in [3.63, 3.8) is 0 Å². The van der Waals surface area contributed by atoms with E-state index in [9.17, 15) is 4.79 Å². The van der Waals surface area contributed by atoms with Crippen LogP contribution in [0.1, 0.15) is 6.92 Å². The van der Waals surface area contributed by atoms with Crippen LogP contribution >= 0.6 is 24.0 Å². The Hall–Kier alpha value is -0.0900. The molecule has 0 unspecified atom stereocenters. The summed E-state index contributed by atoms with van der Waals surface area (Å²) in [7, 11) is 0. The summed E-state index contributed by atoms with van der Waals surface area (Å²) in [5, 5.41) is 2.35. The number of carbonyl (C=O) groups is 1. The largest absolute Gasteiger partial charge is 0.311 e. The van der Waals surface area contributed by atoms with Crippen molar-refractivity contribution in [1.29, 1.82) is 0 Å². The molecule has 0 fully saturated rings. The molecule has 0 aromatic heterocycles. The summed E-state index contributed by atoms with van der Waals surface area (Å²) < 4.78 is 0. The number of hydrogen-bond acceptors (Lipinski definition) is 3. The molecule has 2 nitrogen and oxygen atoms in total. The van der Waals surface area contributed by atoms with Gasteiger partial charge in [0.1, 0.15) is 0 Å². The number of carbonyl (C=O) groups excluding carboxylic acids is 1. The molecule has 0 aromatic rings. The zero-order valence-electron chi connectivity index (χ0n) is 4.72. The van der Waals surface area contributed by atoms with E-state index < -0.39 is 0 Å².